The van der Waals surface area contributed by atoms with Crippen molar-refractivity contribution in [2.45, 2.75) is 59.0 Å². The van der Waals surface area contributed by atoms with Crippen molar-refractivity contribution in [1.29, 1.82) is 0 Å². The fourth-order valence-corrected chi connectivity index (χ4v) is 2.91. The molecule has 1 saturated carbocycles. The van der Waals surface area contributed by atoms with Gasteiger partial charge >= 0.3 is 0 Å². The highest BCUT2D eigenvalue weighted by atomic mass is 19.1. The number of hydrogen-bond donors (Lipinski definition) is 1. The van der Waals surface area contributed by atoms with E-state index < -0.39 is 0 Å². The molecule has 0 saturated heterocycles. The van der Waals surface area contributed by atoms with Crippen LogP contribution in [0.15, 0.2) is 18.2 Å². The van der Waals surface area contributed by atoms with Crippen molar-refractivity contribution in [2.75, 3.05) is 0 Å². The maximum atomic E-state index is 13.6. The Balaban J connectivity index is 2.07. The van der Waals surface area contributed by atoms with Gasteiger partial charge in [-0.2, -0.15) is 0 Å². The molecule has 2 rings (SSSR count). The first-order valence-corrected chi connectivity index (χ1v) is 6.92. The molecule has 0 radical (unpaired) electrons. The van der Waals surface area contributed by atoms with E-state index in [0.717, 1.165) is 5.56 Å². The third-order valence-electron chi connectivity index (χ3n) is 4.40. The van der Waals surface area contributed by atoms with Gasteiger partial charge in [0.25, 0.3) is 0 Å². The number of rotatable bonds is 3. The van der Waals surface area contributed by atoms with Crippen LogP contribution in [0.2, 0.25) is 0 Å². The Morgan fingerprint density at radius 3 is 2.67 bits per heavy atom. The summed E-state index contributed by atoms with van der Waals surface area (Å²) in [4.78, 5) is 0. The lowest BCUT2D eigenvalue weighted by atomic mass is 9.86. The van der Waals surface area contributed by atoms with Crippen LogP contribution in [0.5, 0.6) is 0 Å². The highest BCUT2D eigenvalue weighted by molar-refractivity contribution is 5.25. The highest BCUT2D eigenvalue weighted by Crippen LogP contribution is 2.38. The molecular formula is C16H24FN. The number of halogens is 1. The summed E-state index contributed by atoms with van der Waals surface area (Å²) in [6.07, 6.45) is 3.80. The van der Waals surface area contributed by atoms with Crippen molar-refractivity contribution < 1.29 is 4.39 Å². The normalized spacial score (nSPS) is 24.2. The molecule has 0 spiro atoms. The zero-order valence-electron chi connectivity index (χ0n) is 11.9. The molecule has 0 aromatic heterocycles. The van der Waals surface area contributed by atoms with Crippen LogP contribution in [0.25, 0.3) is 0 Å². The smallest absolute Gasteiger partial charge is 0.126 e. The van der Waals surface area contributed by atoms with Gasteiger partial charge in [-0.1, -0.05) is 32.4 Å². The molecule has 1 aliphatic carbocycles. The van der Waals surface area contributed by atoms with Crippen molar-refractivity contribution in [3.8, 4) is 0 Å². The first kappa shape index (κ1) is 13.5. The number of hydrogen-bond acceptors (Lipinski definition) is 1. The van der Waals surface area contributed by atoms with Crippen molar-refractivity contribution >= 4 is 0 Å². The molecule has 1 aromatic carbocycles. The molecule has 100 valence electrons. The lowest BCUT2D eigenvalue weighted by molar-refractivity contribution is 0.266. The highest BCUT2D eigenvalue weighted by Gasteiger charge is 2.34. The molecular weight excluding hydrogens is 225 g/mol. The molecule has 2 unspecified atom stereocenters. The molecule has 0 heterocycles. The van der Waals surface area contributed by atoms with Crippen LogP contribution in [0.1, 0.15) is 57.2 Å². The van der Waals surface area contributed by atoms with Gasteiger partial charge in [0.05, 0.1) is 0 Å². The Morgan fingerprint density at radius 1 is 1.39 bits per heavy atom. The van der Waals surface area contributed by atoms with Crippen LogP contribution >= 0.6 is 0 Å². The van der Waals surface area contributed by atoms with Crippen LogP contribution < -0.4 is 5.32 Å². The SMILES string of the molecule is Cc1ccc(C(C)NC2CCCC2(C)C)cc1F. The maximum Gasteiger partial charge on any atom is 0.126 e. The van der Waals surface area contributed by atoms with Crippen molar-refractivity contribution in [3.05, 3.63) is 35.1 Å². The first-order chi connectivity index (χ1) is 8.40. The van der Waals surface area contributed by atoms with Crippen LogP contribution in [0.3, 0.4) is 0 Å². The summed E-state index contributed by atoms with van der Waals surface area (Å²) in [5, 5.41) is 3.67. The summed E-state index contributed by atoms with van der Waals surface area (Å²) in [6, 6.07) is 6.30. The zero-order chi connectivity index (χ0) is 13.3. The Labute approximate surface area is 110 Å². The van der Waals surface area contributed by atoms with Gasteiger partial charge in [0.2, 0.25) is 0 Å². The Bertz CT molecular complexity index is 425. The van der Waals surface area contributed by atoms with Crippen LogP contribution in [0.4, 0.5) is 4.39 Å². The molecule has 1 fully saturated rings. The van der Waals surface area contributed by atoms with Gasteiger partial charge in [0.15, 0.2) is 0 Å². The van der Waals surface area contributed by atoms with Crippen LogP contribution in [-0.2, 0) is 0 Å². The minimum absolute atomic E-state index is 0.105. The Kier molecular flexibility index (Phi) is 3.76. The summed E-state index contributed by atoms with van der Waals surface area (Å²) < 4.78 is 13.6. The second kappa shape index (κ2) is 5.00. The largest absolute Gasteiger partial charge is 0.307 e. The van der Waals surface area contributed by atoms with E-state index in [-0.39, 0.29) is 11.9 Å². The van der Waals surface area contributed by atoms with Crippen molar-refractivity contribution in [2.24, 2.45) is 5.41 Å². The molecule has 2 heteroatoms. The minimum atomic E-state index is -0.105. The summed E-state index contributed by atoms with van der Waals surface area (Å²) >= 11 is 0. The molecule has 1 aliphatic rings. The average molecular weight is 249 g/mol. The number of nitrogens with one attached hydrogen (secondary N) is 1. The lowest BCUT2D eigenvalue weighted by Crippen LogP contribution is -2.39. The minimum Gasteiger partial charge on any atom is -0.307 e. The number of benzene rings is 1. The first-order valence-electron chi connectivity index (χ1n) is 6.92. The van der Waals surface area contributed by atoms with Gasteiger partial charge in [-0.15, -0.1) is 0 Å². The van der Waals surface area contributed by atoms with E-state index >= 15 is 0 Å². The van der Waals surface area contributed by atoms with E-state index in [4.69, 9.17) is 0 Å². The predicted octanol–water partition coefficient (Wildman–Crippen LogP) is 4.36. The summed E-state index contributed by atoms with van der Waals surface area (Å²) in [7, 11) is 0. The summed E-state index contributed by atoms with van der Waals surface area (Å²) in [5.74, 6) is -0.105. The Hall–Kier alpha value is -0.890. The molecule has 0 amide bonds. The third kappa shape index (κ3) is 2.74. The lowest BCUT2D eigenvalue weighted by Gasteiger charge is -2.31. The summed E-state index contributed by atoms with van der Waals surface area (Å²) in [5.41, 5.74) is 2.12. The van der Waals surface area contributed by atoms with E-state index in [1.54, 1.807) is 13.0 Å². The number of aryl methyl sites for hydroxylation is 1. The van der Waals surface area contributed by atoms with Gasteiger partial charge in [0.1, 0.15) is 5.82 Å². The van der Waals surface area contributed by atoms with E-state index in [1.807, 2.05) is 12.1 Å². The maximum absolute atomic E-state index is 13.6. The van der Waals surface area contributed by atoms with Gasteiger partial charge in [-0.25, -0.2) is 4.39 Å². The average Bonchev–Trinajstić information content (AvgIpc) is 2.62. The standard InChI is InChI=1S/C16H24FN/c1-11-7-8-13(10-14(11)17)12(2)18-15-6-5-9-16(15,3)4/h7-8,10,12,15,18H,5-6,9H2,1-4H3. The quantitative estimate of drug-likeness (QED) is 0.839. The molecule has 0 aliphatic heterocycles. The molecule has 2 atom stereocenters. The van der Waals surface area contributed by atoms with E-state index in [1.165, 1.54) is 19.3 Å². The molecule has 1 nitrogen and oxygen atoms in total. The van der Waals surface area contributed by atoms with E-state index in [9.17, 15) is 4.39 Å². The molecule has 18 heavy (non-hydrogen) atoms. The van der Waals surface area contributed by atoms with E-state index in [0.29, 0.717) is 17.0 Å². The summed E-state index contributed by atoms with van der Waals surface area (Å²) in [6.45, 7) is 8.57. The van der Waals surface area contributed by atoms with Crippen LogP contribution in [-0.4, -0.2) is 6.04 Å². The predicted molar refractivity (Wildman–Crippen MR) is 74.1 cm³/mol. The second-order valence-corrected chi connectivity index (χ2v) is 6.33. The molecule has 1 N–H and O–H groups in total. The second-order valence-electron chi connectivity index (χ2n) is 6.33. The third-order valence-corrected chi connectivity index (χ3v) is 4.40. The molecule has 0 bridgehead atoms. The molecule has 1 aromatic rings. The topological polar surface area (TPSA) is 12.0 Å². The monoisotopic (exact) mass is 249 g/mol. The van der Waals surface area contributed by atoms with Gasteiger partial charge < -0.3 is 5.32 Å². The van der Waals surface area contributed by atoms with Gasteiger partial charge in [-0.05, 0) is 49.3 Å². The fraction of sp³-hybridized carbons (Fsp3) is 0.625. The van der Waals surface area contributed by atoms with Crippen molar-refractivity contribution in [3.63, 3.8) is 0 Å². The fourth-order valence-electron chi connectivity index (χ4n) is 2.91. The van der Waals surface area contributed by atoms with E-state index in [2.05, 4.69) is 26.1 Å². The van der Waals surface area contributed by atoms with Crippen molar-refractivity contribution in [1.82, 2.24) is 5.32 Å². The van der Waals surface area contributed by atoms with Gasteiger partial charge in [0, 0.05) is 12.1 Å². The van der Waals surface area contributed by atoms with Gasteiger partial charge in [-0.3, -0.25) is 0 Å². The Morgan fingerprint density at radius 2 is 2.11 bits per heavy atom. The zero-order valence-corrected chi connectivity index (χ0v) is 11.9. The van der Waals surface area contributed by atoms with Crippen LogP contribution in [0, 0.1) is 18.2 Å².